The van der Waals surface area contributed by atoms with Gasteiger partial charge in [-0.15, -0.1) is 0 Å². The number of hydrogen-bond donors (Lipinski definition) is 2. The van der Waals surface area contributed by atoms with E-state index in [0.29, 0.717) is 23.1 Å². The van der Waals surface area contributed by atoms with Crippen LogP contribution in [0.5, 0.6) is 5.75 Å². The van der Waals surface area contributed by atoms with Crippen LogP contribution in [0, 0.1) is 5.82 Å². The molecular weight excluding hydrogens is 345 g/mol. The van der Waals surface area contributed by atoms with E-state index in [4.69, 9.17) is 4.84 Å². The summed E-state index contributed by atoms with van der Waals surface area (Å²) in [7, 11) is 1.53. The van der Waals surface area contributed by atoms with Gasteiger partial charge in [0.15, 0.2) is 5.78 Å². The minimum atomic E-state index is -0.491. The molecule has 0 unspecified atom stereocenters. The predicted molar refractivity (Wildman–Crippen MR) is 103 cm³/mol. The van der Waals surface area contributed by atoms with Crippen LogP contribution < -0.4 is 5.48 Å². The topological polar surface area (TPSA) is 58.6 Å². The fourth-order valence-corrected chi connectivity index (χ4v) is 2.94. The van der Waals surface area contributed by atoms with Crippen molar-refractivity contribution in [3.8, 4) is 16.9 Å². The number of halogens is 1. The molecule has 5 heteroatoms. The first kappa shape index (κ1) is 18.6. The molecule has 0 heterocycles. The van der Waals surface area contributed by atoms with Gasteiger partial charge in [-0.2, -0.15) is 0 Å². The van der Waals surface area contributed by atoms with Crippen molar-refractivity contribution in [3.05, 3.63) is 83.2 Å². The number of Topliss-reactive ketones (excluding diaryl/α,β-unsaturated/α-hetero) is 1. The summed E-state index contributed by atoms with van der Waals surface area (Å²) in [6, 6.07) is 17.1. The molecule has 0 spiro atoms. The van der Waals surface area contributed by atoms with E-state index < -0.39 is 5.82 Å². The molecule has 0 fully saturated rings. The van der Waals surface area contributed by atoms with Crippen molar-refractivity contribution in [2.75, 3.05) is 12.6 Å². The zero-order valence-corrected chi connectivity index (χ0v) is 15.1. The van der Waals surface area contributed by atoms with Crippen molar-refractivity contribution in [2.45, 2.75) is 13.3 Å². The third-order valence-electron chi connectivity index (χ3n) is 4.33. The predicted octanol–water partition coefficient (Wildman–Crippen LogP) is 4.97. The molecule has 4 nitrogen and oxygen atoms in total. The average molecular weight is 365 g/mol. The quantitative estimate of drug-likeness (QED) is 0.479. The third-order valence-corrected chi connectivity index (χ3v) is 4.33. The molecule has 3 aromatic carbocycles. The Morgan fingerprint density at radius 3 is 2.52 bits per heavy atom. The van der Waals surface area contributed by atoms with Crippen molar-refractivity contribution in [2.24, 2.45) is 0 Å². The molecule has 0 amide bonds. The van der Waals surface area contributed by atoms with Crippen LogP contribution in [-0.2, 0) is 11.3 Å². The number of phenolic OH excluding ortho intramolecular Hbond substituents is 1. The smallest absolute Gasteiger partial charge is 0.159 e. The highest BCUT2D eigenvalue weighted by Crippen LogP contribution is 2.35. The molecule has 0 saturated carbocycles. The highest BCUT2D eigenvalue weighted by Gasteiger charge is 2.16. The first-order valence-electron chi connectivity index (χ1n) is 8.49. The molecule has 0 bridgehead atoms. The third kappa shape index (κ3) is 4.15. The number of anilines is 1. The summed E-state index contributed by atoms with van der Waals surface area (Å²) in [5.41, 5.74) is 5.96. The summed E-state index contributed by atoms with van der Waals surface area (Å²) in [5.74, 6) is -0.760. The zero-order valence-electron chi connectivity index (χ0n) is 15.1. The van der Waals surface area contributed by atoms with Gasteiger partial charge in [-0.1, -0.05) is 36.4 Å². The van der Waals surface area contributed by atoms with Crippen molar-refractivity contribution in [1.82, 2.24) is 0 Å². The number of nitrogens with one attached hydrogen (secondary N) is 1. The summed E-state index contributed by atoms with van der Waals surface area (Å²) in [6.45, 7) is 1.45. The number of aromatic hydroxyl groups is 1. The molecule has 27 heavy (non-hydrogen) atoms. The van der Waals surface area contributed by atoms with Crippen LogP contribution in [0.15, 0.2) is 60.7 Å². The Bertz CT molecular complexity index is 968. The van der Waals surface area contributed by atoms with Gasteiger partial charge in [-0.05, 0) is 47.9 Å². The van der Waals surface area contributed by atoms with Gasteiger partial charge in [0.2, 0.25) is 0 Å². The van der Waals surface area contributed by atoms with Crippen molar-refractivity contribution >= 4 is 11.5 Å². The molecule has 3 aromatic rings. The Balaban J connectivity index is 1.96. The lowest BCUT2D eigenvalue weighted by atomic mass is 9.95. The van der Waals surface area contributed by atoms with Crippen LogP contribution in [0.25, 0.3) is 11.1 Å². The monoisotopic (exact) mass is 365 g/mol. The molecule has 138 valence electrons. The second-order valence-electron chi connectivity index (χ2n) is 6.25. The van der Waals surface area contributed by atoms with E-state index >= 15 is 4.39 Å². The summed E-state index contributed by atoms with van der Waals surface area (Å²) in [5, 5.41) is 10.2. The highest BCUT2D eigenvalue weighted by molar-refractivity contribution is 5.95. The van der Waals surface area contributed by atoms with E-state index in [1.54, 1.807) is 30.3 Å². The van der Waals surface area contributed by atoms with Gasteiger partial charge >= 0.3 is 0 Å². The molecule has 0 aliphatic heterocycles. The van der Waals surface area contributed by atoms with Gasteiger partial charge < -0.3 is 5.11 Å². The number of benzene rings is 3. The molecule has 0 aromatic heterocycles. The van der Waals surface area contributed by atoms with E-state index in [-0.39, 0.29) is 17.1 Å². The number of carbonyl (C=O) groups is 1. The van der Waals surface area contributed by atoms with Crippen molar-refractivity contribution in [3.63, 3.8) is 0 Å². The Hall–Kier alpha value is -3.18. The minimum absolute atomic E-state index is 0.105. The number of phenols is 1. The molecule has 0 atom stereocenters. The van der Waals surface area contributed by atoms with Crippen LogP contribution in [0.2, 0.25) is 0 Å². The molecule has 3 rings (SSSR count). The van der Waals surface area contributed by atoms with Gasteiger partial charge in [-0.25, -0.2) is 4.39 Å². The molecular formula is C22H20FNO3. The Morgan fingerprint density at radius 1 is 1.11 bits per heavy atom. The fourth-order valence-electron chi connectivity index (χ4n) is 2.94. The molecule has 0 radical (unpaired) electrons. The Labute approximate surface area is 157 Å². The Kier molecular flexibility index (Phi) is 5.52. The van der Waals surface area contributed by atoms with E-state index in [2.05, 4.69) is 5.48 Å². The van der Waals surface area contributed by atoms with E-state index in [1.807, 2.05) is 24.3 Å². The van der Waals surface area contributed by atoms with Gasteiger partial charge in [0.1, 0.15) is 11.6 Å². The lowest BCUT2D eigenvalue weighted by Gasteiger charge is -2.12. The first-order chi connectivity index (χ1) is 13.0. The van der Waals surface area contributed by atoms with Crippen LogP contribution >= 0.6 is 0 Å². The van der Waals surface area contributed by atoms with Gasteiger partial charge in [0.25, 0.3) is 0 Å². The van der Waals surface area contributed by atoms with Crippen LogP contribution in [0.4, 0.5) is 10.1 Å². The van der Waals surface area contributed by atoms with Gasteiger partial charge in [0, 0.05) is 12.0 Å². The molecule has 0 aliphatic carbocycles. The first-order valence-corrected chi connectivity index (χ1v) is 8.49. The number of rotatable bonds is 6. The SMILES string of the molecule is CONc1ccc(Cc2ccc(O)c(-c3cccc(C(C)=O)c3)c2F)cc1. The van der Waals surface area contributed by atoms with Crippen molar-refractivity contribution in [1.29, 1.82) is 0 Å². The second-order valence-corrected chi connectivity index (χ2v) is 6.25. The maximum atomic E-state index is 15.2. The summed E-state index contributed by atoms with van der Waals surface area (Å²) in [6.07, 6.45) is 0.374. The molecule has 0 saturated heterocycles. The molecule has 0 aliphatic rings. The second kappa shape index (κ2) is 8.01. The zero-order chi connectivity index (χ0) is 19.4. The lowest BCUT2D eigenvalue weighted by molar-refractivity contribution is 0.101. The van der Waals surface area contributed by atoms with Crippen LogP contribution in [0.3, 0.4) is 0 Å². The average Bonchev–Trinajstić information content (AvgIpc) is 2.66. The van der Waals surface area contributed by atoms with E-state index in [0.717, 1.165) is 11.3 Å². The number of ketones is 1. The van der Waals surface area contributed by atoms with Gasteiger partial charge in [0.05, 0.1) is 18.4 Å². The van der Waals surface area contributed by atoms with Crippen molar-refractivity contribution < 1.29 is 19.1 Å². The normalized spacial score (nSPS) is 10.6. The van der Waals surface area contributed by atoms with E-state index in [9.17, 15) is 9.90 Å². The lowest BCUT2D eigenvalue weighted by Crippen LogP contribution is -1.99. The summed E-state index contributed by atoms with van der Waals surface area (Å²) < 4.78 is 15.2. The highest BCUT2D eigenvalue weighted by atomic mass is 19.1. The van der Waals surface area contributed by atoms with Crippen LogP contribution in [-0.4, -0.2) is 18.0 Å². The number of hydrogen-bond acceptors (Lipinski definition) is 4. The van der Waals surface area contributed by atoms with Crippen LogP contribution in [0.1, 0.15) is 28.4 Å². The minimum Gasteiger partial charge on any atom is -0.507 e. The summed E-state index contributed by atoms with van der Waals surface area (Å²) in [4.78, 5) is 16.5. The Morgan fingerprint density at radius 2 is 1.85 bits per heavy atom. The number of carbonyl (C=O) groups excluding carboxylic acids is 1. The fraction of sp³-hybridized carbons (Fsp3) is 0.136. The maximum absolute atomic E-state index is 15.2. The van der Waals surface area contributed by atoms with E-state index in [1.165, 1.54) is 20.1 Å². The molecule has 2 N–H and O–H groups in total. The van der Waals surface area contributed by atoms with Gasteiger partial charge in [-0.3, -0.25) is 15.1 Å². The standard InChI is InChI=1S/C22H20FNO3/c1-14(25)16-4-3-5-17(13-16)21-20(26)11-8-18(22(21)23)12-15-6-9-19(10-7-15)24-27-2/h3-11,13,24,26H,12H2,1-2H3. The largest absolute Gasteiger partial charge is 0.507 e. The summed E-state index contributed by atoms with van der Waals surface area (Å²) >= 11 is 0. The maximum Gasteiger partial charge on any atom is 0.159 e.